The van der Waals surface area contributed by atoms with Gasteiger partial charge >= 0.3 is 0 Å². The molecule has 1 unspecified atom stereocenters. The maximum Gasteiger partial charge on any atom is 0.189 e. The zero-order valence-electron chi connectivity index (χ0n) is 12.5. The van der Waals surface area contributed by atoms with Crippen molar-refractivity contribution < 1.29 is 14.2 Å². The quantitative estimate of drug-likeness (QED) is 0.393. The predicted octanol–water partition coefficient (Wildman–Crippen LogP) is 1.89. The van der Waals surface area contributed by atoms with Gasteiger partial charge in [0, 0.05) is 5.54 Å². The third-order valence-corrected chi connectivity index (χ3v) is 2.23. The van der Waals surface area contributed by atoms with Crippen LogP contribution in [0.25, 0.3) is 0 Å². The first-order valence-electron chi connectivity index (χ1n) is 6.41. The highest BCUT2D eigenvalue weighted by atomic mass is 127. The van der Waals surface area contributed by atoms with Crippen molar-refractivity contribution in [3.05, 3.63) is 30.1 Å². The molecule has 0 heterocycles. The van der Waals surface area contributed by atoms with Crippen molar-refractivity contribution in [1.82, 2.24) is 5.32 Å². The number of nitrogens with zero attached hydrogens (tertiary/aromatic N) is 1. The second kappa shape index (κ2) is 9.04. The third kappa shape index (κ3) is 9.46. The summed E-state index contributed by atoms with van der Waals surface area (Å²) in [5.41, 5.74) is 5.50. The standard InChI is InChI=1S/C14H22FN3O2.HI/c1-14(2,3)18-13(16)17-8-11(19)9-20-12-6-4-10(15)5-7-12;/h4-7,11,19H,8-9H2,1-3H3,(H3,16,17,18);1H. The molecule has 0 aliphatic rings. The first-order chi connectivity index (χ1) is 9.26. The minimum absolute atomic E-state index is 0. The van der Waals surface area contributed by atoms with Crippen LogP contribution in [-0.4, -0.2) is 35.9 Å². The van der Waals surface area contributed by atoms with Gasteiger partial charge in [0.05, 0.1) is 6.54 Å². The van der Waals surface area contributed by atoms with Gasteiger partial charge in [0.15, 0.2) is 5.96 Å². The Kier molecular flexibility index (Phi) is 8.57. The number of guanidine groups is 1. The largest absolute Gasteiger partial charge is 0.491 e. The van der Waals surface area contributed by atoms with Gasteiger partial charge in [0.2, 0.25) is 0 Å². The molecule has 120 valence electrons. The molecule has 5 nitrogen and oxygen atoms in total. The zero-order valence-corrected chi connectivity index (χ0v) is 14.8. The maximum absolute atomic E-state index is 12.7. The summed E-state index contributed by atoms with van der Waals surface area (Å²) in [5, 5.41) is 12.7. The van der Waals surface area contributed by atoms with E-state index in [1.807, 2.05) is 20.8 Å². The van der Waals surface area contributed by atoms with Crippen LogP contribution in [0.3, 0.4) is 0 Å². The number of aliphatic hydroxyl groups excluding tert-OH is 1. The predicted molar refractivity (Wildman–Crippen MR) is 92.7 cm³/mol. The second-order valence-electron chi connectivity index (χ2n) is 5.52. The van der Waals surface area contributed by atoms with E-state index in [4.69, 9.17) is 10.5 Å². The Bertz CT molecular complexity index is 447. The van der Waals surface area contributed by atoms with Gasteiger partial charge < -0.3 is 20.9 Å². The normalized spacial score (nSPS) is 13.3. The van der Waals surface area contributed by atoms with E-state index >= 15 is 0 Å². The first-order valence-corrected chi connectivity index (χ1v) is 6.41. The molecule has 1 aromatic carbocycles. The van der Waals surface area contributed by atoms with Crippen molar-refractivity contribution >= 4 is 29.9 Å². The Balaban J connectivity index is 0.00000400. The third-order valence-electron chi connectivity index (χ3n) is 2.23. The SMILES string of the molecule is CC(C)(C)NC(N)=NCC(O)COc1ccc(F)cc1.I. The van der Waals surface area contributed by atoms with Crippen LogP contribution in [0.1, 0.15) is 20.8 Å². The number of nitrogens with one attached hydrogen (secondary N) is 1. The molecule has 0 fully saturated rings. The topological polar surface area (TPSA) is 79.9 Å². The zero-order chi connectivity index (χ0) is 15.2. The molecule has 0 radical (unpaired) electrons. The van der Waals surface area contributed by atoms with Gasteiger partial charge in [0.1, 0.15) is 24.3 Å². The Hall–Kier alpha value is -1.09. The molecule has 1 atom stereocenters. The van der Waals surface area contributed by atoms with E-state index in [-0.39, 0.29) is 54.4 Å². The summed E-state index contributed by atoms with van der Waals surface area (Å²) < 4.78 is 18.0. The molecule has 0 saturated carbocycles. The van der Waals surface area contributed by atoms with Crippen molar-refractivity contribution in [2.45, 2.75) is 32.4 Å². The number of halogens is 2. The van der Waals surface area contributed by atoms with Crippen LogP contribution in [0.5, 0.6) is 5.75 Å². The Labute approximate surface area is 141 Å². The summed E-state index contributed by atoms with van der Waals surface area (Å²) in [6, 6.07) is 5.60. The molecule has 21 heavy (non-hydrogen) atoms. The van der Waals surface area contributed by atoms with Crippen molar-refractivity contribution in [2.75, 3.05) is 13.2 Å². The molecule has 0 aromatic heterocycles. The number of ether oxygens (including phenoxy) is 1. The smallest absolute Gasteiger partial charge is 0.189 e. The Morgan fingerprint density at radius 1 is 1.38 bits per heavy atom. The van der Waals surface area contributed by atoms with Crippen LogP contribution in [-0.2, 0) is 0 Å². The lowest BCUT2D eigenvalue weighted by Crippen LogP contribution is -2.45. The van der Waals surface area contributed by atoms with E-state index in [1.165, 1.54) is 24.3 Å². The summed E-state index contributed by atoms with van der Waals surface area (Å²) in [5.74, 6) is 0.442. The number of benzene rings is 1. The average molecular weight is 411 g/mol. The van der Waals surface area contributed by atoms with Gasteiger partial charge in [-0.2, -0.15) is 0 Å². The van der Waals surface area contributed by atoms with Crippen molar-refractivity contribution in [3.63, 3.8) is 0 Å². The number of hydrogen-bond donors (Lipinski definition) is 3. The number of aliphatic hydroxyl groups is 1. The average Bonchev–Trinajstić information content (AvgIpc) is 2.33. The van der Waals surface area contributed by atoms with Crippen LogP contribution >= 0.6 is 24.0 Å². The van der Waals surface area contributed by atoms with Crippen molar-refractivity contribution in [3.8, 4) is 5.75 Å². The van der Waals surface area contributed by atoms with Crippen LogP contribution in [0.4, 0.5) is 4.39 Å². The first kappa shape index (κ1) is 19.9. The van der Waals surface area contributed by atoms with Crippen molar-refractivity contribution in [2.24, 2.45) is 10.7 Å². The summed E-state index contributed by atoms with van der Waals surface area (Å²) in [6.45, 7) is 6.09. The van der Waals surface area contributed by atoms with Gasteiger partial charge in [-0.05, 0) is 45.0 Å². The fraction of sp³-hybridized carbons (Fsp3) is 0.500. The monoisotopic (exact) mass is 411 g/mol. The van der Waals surface area contributed by atoms with Crippen LogP contribution < -0.4 is 15.8 Å². The van der Waals surface area contributed by atoms with Gasteiger partial charge in [-0.1, -0.05) is 0 Å². The number of hydrogen-bond acceptors (Lipinski definition) is 3. The van der Waals surface area contributed by atoms with Crippen molar-refractivity contribution in [1.29, 1.82) is 0 Å². The minimum Gasteiger partial charge on any atom is -0.491 e. The highest BCUT2D eigenvalue weighted by molar-refractivity contribution is 14.0. The number of aliphatic imine (C=N–C) groups is 1. The van der Waals surface area contributed by atoms with E-state index in [2.05, 4.69) is 10.3 Å². The second-order valence-corrected chi connectivity index (χ2v) is 5.52. The van der Waals surface area contributed by atoms with E-state index in [0.717, 1.165) is 0 Å². The molecule has 1 aromatic rings. The van der Waals surface area contributed by atoms with Crippen LogP contribution in [0.2, 0.25) is 0 Å². The molecule has 1 rings (SSSR count). The Morgan fingerprint density at radius 2 is 1.95 bits per heavy atom. The number of rotatable bonds is 5. The summed E-state index contributed by atoms with van der Waals surface area (Å²) >= 11 is 0. The highest BCUT2D eigenvalue weighted by Gasteiger charge is 2.10. The van der Waals surface area contributed by atoms with E-state index in [0.29, 0.717) is 5.75 Å². The van der Waals surface area contributed by atoms with Gasteiger partial charge in [-0.15, -0.1) is 24.0 Å². The lowest BCUT2D eigenvalue weighted by molar-refractivity contribution is 0.114. The summed E-state index contributed by atoms with van der Waals surface area (Å²) in [6.07, 6.45) is -0.777. The number of nitrogens with two attached hydrogens (primary N) is 1. The molecule has 4 N–H and O–H groups in total. The molecular weight excluding hydrogens is 388 g/mol. The fourth-order valence-electron chi connectivity index (χ4n) is 1.40. The van der Waals surface area contributed by atoms with Gasteiger partial charge in [0.25, 0.3) is 0 Å². The fourth-order valence-corrected chi connectivity index (χ4v) is 1.40. The molecule has 7 heteroatoms. The molecular formula is C14H23FIN3O2. The van der Waals surface area contributed by atoms with E-state index in [9.17, 15) is 9.50 Å². The summed E-state index contributed by atoms with van der Waals surface area (Å²) in [4.78, 5) is 4.03. The van der Waals surface area contributed by atoms with Crippen LogP contribution in [0.15, 0.2) is 29.3 Å². The molecule has 0 saturated heterocycles. The minimum atomic E-state index is -0.777. The van der Waals surface area contributed by atoms with Gasteiger partial charge in [-0.3, -0.25) is 4.99 Å². The van der Waals surface area contributed by atoms with E-state index < -0.39 is 6.10 Å². The molecule has 0 spiro atoms. The molecule has 0 aliphatic heterocycles. The lowest BCUT2D eigenvalue weighted by Gasteiger charge is -2.21. The molecule has 0 aliphatic carbocycles. The Morgan fingerprint density at radius 3 is 2.48 bits per heavy atom. The summed E-state index contributed by atoms with van der Waals surface area (Å²) in [7, 11) is 0. The van der Waals surface area contributed by atoms with Gasteiger partial charge in [-0.25, -0.2) is 4.39 Å². The van der Waals surface area contributed by atoms with E-state index in [1.54, 1.807) is 0 Å². The van der Waals surface area contributed by atoms with Crippen LogP contribution in [0, 0.1) is 5.82 Å². The maximum atomic E-state index is 12.7. The highest BCUT2D eigenvalue weighted by Crippen LogP contribution is 2.11. The molecule has 0 bridgehead atoms. The lowest BCUT2D eigenvalue weighted by atomic mass is 10.1. The molecule has 0 amide bonds.